The Balaban J connectivity index is 1.39. The molecule has 4 N–H and O–H groups in total. The summed E-state index contributed by atoms with van der Waals surface area (Å²) in [5, 5.41) is 11.9. The first kappa shape index (κ1) is 66.5. The van der Waals surface area contributed by atoms with E-state index >= 15 is 0 Å². The van der Waals surface area contributed by atoms with Gasteiger partial charge >= 0.3 is 12.1 Å². The van der Waals surface area contributed by atoms with E-state index in [4.69, 9.17) is 23.7 Å². The minimum absolute atomic E-state index is 0.186. The van der Waals surface area contributed by atoms with Gasteiger partial charge in [-0.1, -0.05) is 183 Å². The van der Waals surface area contributed by atoms with Crippen LogP contribution in [0, 0.1) is 0 Å². The van der Waals surface area contributed by atoms with Crippen LogP contribution in [0.1, 0.15) is 215 Å². The van der Waals surface area contributed by atoms with E-state index in [9.17, 15) is 9.59 Å². The molecule has 6 aromatic carbocycles. The quantitative estimate of drug-likeness (QED) is 0.0499. The first-order chi connectivity index (χ1) is 40.9. The van der Waals surface area contributed by atoms with Gasteiger partial charge in [0.25, 0.3) is 0 Å². The number of hydrogen-bond donors (Lipinski definition) is 4. The van der Waals surface area contributed by atoms with E-state index in [0.29, 0.717) is 72.0 Å². The van der Waals surface area contributed by atoms with Crippen LogP contribution >= 0.6 is 0 Å². The van der Waals surface area contributed by atoms with Crippen molar-refractivity contribution in [3.05, 3.63) is 176 Å². The van der Waals surface area contributed by atoms with Crippen LogP contribution in [0.2, 0.25) is 0 Å². The highest BCUT2D eigenvalue weighted by molar-refractivity contribution is 5.89. The van der Waals surface area contributed by atoms with E-state index < -0.39 is 0 Å². The van der Waals surface area contributed by atoms with Crippen LogP contribution in [-0.4, -0.2) is 51.6 Å². The molecule has 8 bridgehead atoms. The molecule has 1 aliphatic heterocycles. The molecule has 0 saturated heterocycles. The predicted octanol–water partition coefficient (Wildman–Crippen LogP) is 18.0. The summed E-state index contributed by atoms with van der Waals surface area (Å²) in [6.07, 6.45) is 8.46. The summed E-state index contributed by atoms with van der Waals surface area (Å²) in [6.45, 7) is 35.6. The monoisotopic (exact) mass is 1170 g/mol. The highest BCUT2D eigenvalue weighted by Crippen LogP contribution is 2.44. The van der Waals surface area contributed by atoms with Crippen LogP contribution in [0.3, 0.4) is 0 Å². The zero-order valence-corrected chi connectivity index (χ0v) is 54.7. The summed E-state index contributed by atoms with van der Waals surface area (Å²) in [5.41, 5.74) is 14.2. The molecule has 7 rings (SSSR count). The molecule has 0 atom stereocenters. The average Bonchev–Trinajstić information content (AvgIpc) is 1.03. The van der Waals surface area contributed by atoms with Gasteiger partial charge in [0.15, 0.2) is 0 Å². The number of ether oxygens (including phenoxy) is 5. The molecule has 0 aliphatic carbocycles. The molecule has 1 heterocycles. The molecule has 0 fully saturated rings. The smallest absolute Gasteiger partial charge is 0.319 e. The maximum absolute atomic E-state index is 12.9. The van der Waals surface area contributed by atoms with Gasteiger partial charge in [0, 0.05) is 54.9 Å². The topological polar surface area (TPSA) is 128 Å². The Labute approximate surface area is 516 Å². The Kier molecular flexibility index (Phi) is 23.7. The summed E-state index contributed by atoms with van der Waals surface area (Å²) in [7, 11) is 0. The predicted molar refractivity (Wildman–Crippen MR) is 355 cm³/mol. The number of amides is 4. The molecule has 0 radical (unpaired) electrons. The fourth-order valence-corrected chi connectivity index (χ4v) is 10.6. The molecule has 6 aromatic rings. The molecule has 86 heavy (non-hydrogen) atoms. The summed E-state index contributed by atoms with van der Waals surface area (Å²) in [4.78, 5) is 25.7. The molecular formula is C75H102N4O7. The summed E-state index contributed by atoms with van der Waals surface area (Å²) in [6, 6.07) is 37.4. The maximum Gasteiger partial charge on any atom is 0.319 e. The average molecular weight is 1170 g/mol. The van der Waals surface area contributed by atoms with Crippen molar-refractivity contribution in [1.82, 2.24) is 10.6 Å². The molecule has 11 heteroatoms. The van der Waals surface area contributed by atoms with Gasteiger partial charge in [0.05, 0.1) is 39.6 Å². The standard InChI is InChI=1S/C75H102N4O7/c1-15-17-35-83-66-52-39-53-43-61(73(6,7)8)45-55(67(53)85-37-27-25-33-76-70(80)78-64-29-21-19-22-30-64)41-56-46-62(74(9,10)11)48-58(68(56)84-36-18-16-2)50-82-51-59-49-63(75(12,13)14)47-57(40-54(66)44-60(42-52)72(3,4)5)69(59)86-38-28-26-34-77-71(81)79-65-31-23-20-24-32-65/h19-24,29-32,42-49H,15-18,25-28,33-41,50-51H2,1-14H3,(H2,76,78,80)(H2,77,79,81). The van der Waals surface area contributed by atoms with Gasteiger partial charge in [-0.2, -0.15) is 0 Å². The molecule has 0 saturated carbocycles. The summed E-state index contributed by atoms with van der Waals surface area (Å²) < 4.78 is 35.6. The first-order valence-electron chi connectivity index (χ1n) is 31.8. The van der Waals surface area contributed by atoms with Crippen molar-refractivity contribution in [1.29, 1.82) is 0 Å². The highest BCUT2D eigenvalue weighted by atomic mass is 16.5. The van der Waals surface area contributed by atoms with Crippen LogP contribution in [0.5, 0.6) is 23.0 Å². The number of hydrogen-bond acceptors (Lipinski definition) is 7. The van der Waals surface area contributed by atoms with Gasteiger partial charge in [-0.3, -0.25) is 0 Å². The fraction of sp³-hybridized carbons (Fsp3) is 0.493. The summed E-state index contributed by atoms with van der Waals surface area (Å²) in [5.74, 6) is 3.46. The number of unbranched alkanes of at least 4 members (excludes halogenated alkanes) is 4. The van der Waals surface area contributed by atoms with Crippen molar-refractivity contribution in [3.63, 3.8) is 0 Å². The van der Waals surface area contributed by atoms with Crippen LogP contribution in [0.15, 0.2) is 109 Å². The second-order valence-corrected chi connectivity index (χ2v) is 27.5. The largest absolute Gasteiger partial charge is 0.493 e. The minimum atomic E-state index is -0.228. The van der Waals surface area contributed by atoms with Crippen LogP contribution in [0.25, 0.3) is 0 Å². The molecule has 0 unspecified atom stereocenters. The van der Waals surface area contributed by atoms with Crippen molar-refractivity contribution in [2.75, 3.05) is 50.2 Å². The second-order valence-electron chi connectivity index (χ2n) is 27.5. The number of carbonyl (C=O) groups excluding carboxylic acids is 2. The number of anilines is 2. The molecule has 1 aliphatic rings. The zero-order chi connectivity index (χ0) is 62.1. The van der Waals surface area contributed by atoms with Crippen molar-refractivity contribution in [2.45, 2.75) is 202 Å². The molecule has 0 spiro atoms. The van der Waals surface area contributed by atoms with Gasteiger partial charge in [0.1, 0.15) is 23.0 Å². The molecular weight excluding hydrogens is 1070 g/mol. The number of fused-ring (bicyclic) bond motifs is 8. The minimum Gasteiger partial charge on any atom is -0.493 e. The van der Waals surface area contributed by atoms with Crippen LogP contribution in [0.4, 0.5) is 21.0 Å². The maximum atomic E-state index is 12.9. The van der Waals surface area contributed by atoms with Gasteiger partial charge in [-0.15, -0.1) is 0 Å². The van der Waals surface area contributed by atoms with E-state index in [0.717, 1.165) is 130 Å². The van der Waals surface area contributed by atoms with Crippen molar-refractivity contribution in [2.24, 2.45) is 0 Å². The lowest BCUT2D eigenvalue weighted by molar-refractivity contribution is 0.102. The first-order valence-corrected chi connectivity index (χ1v) is 31.8. The lowest BCUT2D eigenvalue weighted by Crippen LogP contribution is -2.29. The number of para-hydroxylation sites is 2. The van der Waals surface area contributed by atoms with E-state index in [1.165, 1.54) is 22.3 Å². The third-order valence-corrected chi connectivity index (χ3v) is 15.9. The van der Waals surface area contributed by atoms with E-state index in [2.05, 4.69) is 167 Å². The molecule has 4 amide bonds. The van der Waals surface area contributed by atoms with Gasteiger partial charge in [-0.05, 0) is 152 Å². The van der Waals surface area contributed by atoms with Gasteiger partial charge in [0.2, 0.25) is 0 Å². The Morgan fingerprint density at radius 3 is 0.930 bits per heavy atom. The number of urea groups is 2. The van der Waals surface area contributed by atoms with E-state index in [1.807, 2.05) is 60.7 Å². The molecule has 0 aromatic heterocycles. The van der Waals surface area contributed by atoms with Crippen molar-refractivity contribution >= 4 is 23.4 Å². The number of rotatable bonds is 22. The van der Waals surface area contributed by atoms with Crippen LogP contribution < -0.4 is 40.2 Å². The van der Waals surface area contributed by atoms with E-state index in [1.54, 1.807) is 0 Å². The Morgan fingerprint density at radius 2 is 0.651 bits per heavy atom. The fourth-order valence-electron chi connectivity index (χ4n) is 10.6. The lowest BCUT2D eigenvalue weighted by atomic mass is 9.80. The van der Waals surface area contributed by atoms with Crippen molar-refractivity contribution < 1.29 is 33.3 Å². The van der Waals surface area contributed by atoms with Crippen LogP contribution in [-0.2, 0) is 58.9 Å². The normalized spacial score (nSPS) is 13.0. The second kappa shape index (κ2) is 30.6. The Hall–Kier alpha value is -6.98. The lowest BCUT2D eigenvalue weighted by Gasteiger charge is -2.29. The number of nitrogens with one attached hydrogen (secondary N) is 4. The Morgan fingerprint density at radius 1 is 0.384 bits per heavy atom. The molecule has 464 valence electrons. The zero-order valence-electron chi connectivity index (χ0n) is 54.7. The van der Waals surface area contributed by atoms with Gasteiger partial charge < -0.3 is 45.0 Å². The SMILES string of the molecule is CCCCOc1c2cc(C(C)(C)C)cc1Cc1cc(C(C)(C)C)cc(c1OCCCCNC(=O)Nc1ccccc1)Cc1cc(C(C)(C)C)cc(c1OCCCC)Cc1cc(C(C)(C)C)cc(c1OCCCCNC(=O)Nc1ccccc1)COC2. The highest BCUT2D eigenvalue weighted by Gasteiger charge is 2.29. The van der Waals surface area contributed by atoms with Gasteiger partial charge in [-0.25, -0.2) is 9.59 Å². The van der Waals surface area contributed by atoms with E-state index in [-0.39, 0.29) is 33.7 Å². The Bertz CT molecular complexity index is 3160. The molecule has 11 nitrogen and oxygen atoms in total. The third-order valence-electron chi connectivity index (χ3n) is 15.9. The summed E-state index contributed by atoms with van der Waals surface area (Å²) >= 11 is 0. The van der Waals surface area contributed by atoms with Crippen molar-refractivity contribution in [3.8, 4) is 23.0 Å². The third kappa shape index (κ3) is 19.5. The number of benzene rings is 6. The number of carbonyl (C=O) groups is 2.